The second-order valence-corrected chi connectivity index (χ2v) is 6.11. The summed E-state index contributed by atoms with van der Waals surface area (Å²) in [6.07, 6.45) is 11.2. The Morgan fingerprint density at radius 1 is 0.778 bits per heavy atom. The van der Waals surface area contributed by atoms with Crippen molar-refractivity contribution in [2.75, 3.05) is 19.6 Å². The van der Waals surface area contributed by atoms with Gasteiger partial charge in [-0.25, -0.2) is 0 Å². The summed E-state index contributed by atoms with van der Waals surface area (Å²) in [5.41, 5.74) is 0.598. The molecule has 1 nitrogen and oxygen atoms in total. The van der Waals surface area contributed by atoms with Crippen LogP contribution in [0.1, 0.15) is 86.0 Å². The van der Waals surface area contributed by atoms with Crippen molar-refractivity contribution < 1.29 is 0 Å². The fourth-order valence-electron chi connectivity index (χ4n) is 2.73. The molecule has 0 saturated heterocycles. The molecule has 1 heteroatoms. The van der Waals surface area contributed by atoms with Crippen LogP contribution in [-0.4, -0.2) is 24.5 Å². The van der Waals surface area contributed by atoms with Crippen LogP contribution < -0.4 is 0 Å². The standard InChI is InChI=1S/C17H37N/c1-6-10-11-12-14-17(5,7-2)15-13-16-18(8-3)9-4/h6-16H2,1-5H3. The highest BCUT2D eigenvalue weighted by molar-refractivity contribution is 4.73. The molecule has 0 saturated carbocycles. The Hall–Kier alpha value is -0.0400. The van der Waals surface area contributed by atoms with Gasteiger partial charge in [-0.05, 0) is 44.3 Å². The van der Waals surface area contributed by atoms with Crippen LogP contribution in [0.2, 0.25) is 0 Å². The molecule has 0 heterocycles. The number of unbranched alkanes of at least 4 members (excludes halogenated alkanes) is 3. The molecule has 0 N–H and O–H groups in total. The maximum Gasteiger partial charge on any atom is -0.00188 e. The van der Waals surface area contributed by atoms with Gasteiger partial charge in [0.25, 0.3) is 0 Å². The average molecular weight is 255 g/mol. The number of hydrogen-bond acceptors (Lipinski definition) is 1. The molecule has 0 aromatic carbocycles. The minimum absolute atomic E-state index is 0.598. The van der Waals surface area contributed by atoms with Crippen LogP contribution in [0.3, 0.4) is 0 Å². The second-order valence-electron chi connectivity index (χ2n) is 6.11. The van der Waals surface area contributed by atoms with Gasteiger partial charge < -0.3 is 4.90 Å². The Morgan fingerprint density at radius 3 is 1.89 bits per heavy atom. The topological polar surface area (TPSA) is 3.24 Å². The molecule has 0 aromatic rings. The lowest BCUT2D eigenvalue weighted by Gasteiger charge is -2.29. The average Bonchev–Trinajstić information content (AvgIpc) is 2.40. The first-order valence-electron chi connectivity index (χ1n) is 8.34. The predicted molar refractivity (Wildman–Crippen MR) is 84.2 cm³/mol. The summed E-state index contributed by atoms with van der Waals surface area (Å²) in [5, 5.41) is 0. The molecule has 0 spiro atoms. The van der Waals surface area contributed by atoms with Crippen molar-refractivity contribution in [1.29, 1.82) is 0 Å². The molecule has 0 aliphatic rings. The molecular weight excluding hydrogens is 218 g/mol. The van der Waals surface area contributed by atoms with Crippen LogP contribution in [0, 0.1) is 5.41 Å². The first kappa shape index (κ1) is 18.0. The molecule has 18 heavy (non-hydrogen) atoms. The molecule has 1 unspecified atom stereocenters. The highest BCUT2D eigenvalue weighted by atomic mass is 15.1. The lowest BCUT2D eigenvalue weighted by Crippen LogP contribution is -2.25. The van der Waals surface area contributed by atoms with Gasteiger partial charge in [0.05, 0.1) is 0 Å². The van der Waals surface area contributed by atoms with Gasteiger partial charge in [-0.15, -0.1) is 0 Å². The van der Waals surface area contributed by atoms with E-state index in [4.69, 9.17) is 0 Å². The van der Waals surface area contributed by atoms with E-state index in [1.165, 1.54) is 71.0 Å². The summed E-state index contributed by atoms with van der Waals surface area (Å²) in [6.45, 7) is 15.4. The smallest absolute Gasteiger partial charge is 0.00188 e. The molecule has 110 valence electrons. The van der Waals surface area contributed by atoms with E-state index in [-0.39, 0.29) is 0 Å². The molecule has 0 aromatic heterocycles. The van der Waals surface area contributed by atoms with E-state index in [0.717, 1.165) is 0 Å². The van der Waals surface area contributed by atoms with E-state index in [1.807, 2.05) is 0 Å². The highest BCUT2D eigenvalue weighted by Crippen LogP contribution is 2.33. The van der Waals surface area contributed by atoms with Gasteiger partial charge in [0.2, 0.25) is 0 Å². The highest BCUT2D eigenvalue weighted by Gasteiger charge is 2.21. The van der Waals surface area contributed by atoms with Crippen molar-refractivity contribution in [3.63, 3.8) is 0 Å². The number of rotatable bonds is 12. The lowest BCUT2D eigenvalue weighted by molar-refractivity contribution is 0.217. The Bertz CT molecular complexity index is 174. The van der Waals surface area contributed by atoms with Crippen LogP contribution in [0.25, 0.3) is 0 Å². The molecule has 1 atom stereocenters. The molecule has 0 rings (SSSR count). The summed E-state index contributed by atoms with van der Waals surface area (Å²) in [6, 6.07) is 0. The third-order valence-corrected chi connectivity index (χ3v) is 4.64. The van der Waals surface area contributed by atoms with Crippen LogP contribution in [0.4, 0.5) is 0 Å². The minimum atomic E-state index is 0.598. The van der Waals surface area contributed by atoms with Gasteiger partial charge in [0.15, 0.2) is 0 Å². The van der Waals surface area contributed by atoms with Crippen molar-refractivity contribution in [3.05, 3.63) is 0 Å². The van der Waals surface area contributed by atoms with E-state index in [0.29, 0.717) is 5.41 Å². The molecule has 0 fully saturated rings. The zero-order chi connectivity index (χ0) is 13.9. The number of nitrogens with zero attached hydrogens (tertiary/aromatic N) is 1. The zero-order valence-corrected chi connectivity index (χ0v) is 13.7. The van der Waals surface area contributed by atoms with E-state index < -0.39 is 0 Å². The molecular formula is C17H37N. The van der Waals surface area contributed by atoms with Crippen LogP contribution in [0.5, 0.6) is 0 Å². The van der Waals surface area contributed by atoms with Crippen LogP contribution >= 0.6 is 0 Å². The van der Waals surface area contributed by atoms with Gasteiger partial charge >= 0.3 is 0 Å². The maximum absolute atomic E-state index is 2.55. The normalized spacial score (nSPS) is 15.0. The summed E-state index contributed by atoms with van der Waals surface area (Å²) in [7, 11) is 0. The van der Waals surface area contributed by atoms with Gasteiger partial charge in [0.1, 0.15) is 0 Å². The minimum Gasteiger partial charge on any atom is -0.304 e. The molecule has 0 radical (unpaired) electrons. The maximum atomic E-state index is 2.55. The second kappa shape index (κ2) is 10.8. The lowest BCUT2D eigenvalue weighted by atomic mass is 9.78. The Balaban J connectivity index is 3.84. The monoisotopic (exact) mass is 255 g/mol. The molecule has 0 aliphatic carbocycles. The third-order valence-electron chi connectivity index (χ3n) is 4.64. The fraction of sp³-hybridized carbons (Fsp3) is 1.00. The zero-order valence-electron chi connectivity index (χ0n) is 13.7. The fourth-order valence-corrected chi connectivity index (χ4v) is 2.73. The number of hydrogen-bond donors (Lipinski definition) is 0. The predicted octanol–water partition coefficient (Wildman–Crippen LogP) is 5.50. The molecule has 0 aliphatic heterocycles. The van der Waals surface area contributed by atoms with E-state index in [2.05, 4.69) is 39.5 Å². The summed E-state index contributed by atoms with van der Waals surface area (Å²) >= 11 is 0. The largest absolute Gasteiger partial charge is 0.304 e. The summed E-state index contributed by atoms with van der Waals surface area (Å²) in [4.78, 5) is 2.55. The first-order valence-corrected chi connectivity index (χ1v) is 8.34. The van der Waals surface area contributed by atoms with Crippen molar-refractivity contribution in [1.82, 2.24) is 4.90 Å². The van der Waals surface area contributed by atoms with E-state index >= 15 is 0 Å². The van der Waals surface area contributed by atoms with Gasteiger partial charge in [0, 0.05) is 0 Å². The van der Waals surface area contributed by atoms with E-state index in [1.54, 1.807) is 0 Å². The van der Waals surface area contributed by atoms with Crippen molar-refractivity contribution >= 4 is 0 Å². The van der Waals surface area contributed by atoms with Gasteiger partial charge in [-0.1, -0.05) is 66.7 Å². The van der Waals surface area contributed by atoms with Gasteiger partial charge in [-0.3, -0.25) is 0 Å². The summed E-state index contributed by atoms with van der Waals surface area (Å²) in [5.74, 6) is 0. The van der Waals surface area contributed by atoms with Crippen molar-refractivity contribution in [2.24, 2.45) is 5.41 Å². The van der Waals surface area contributed by atoms with Crippen molar-refractivity contribution in [3.8, 4) is 0 Å². The molecule has 0 amide bonds. The molecule has 0 bridgehead atoms. The Morgan fingerprint density at radius 2 is 1.39 bits per heavy atom. The van der Waals surface area contributed by atoms with Crippen LogP contribution in [0.15, 0.2) is 0 Å². The van der Waals surface area contributed by atoms with Crippen LogP contribution in [-0.2, 0) is 0 Å². The SMILES string of the molecule is CCCCCCC(C)(CC)CCCN(CC)CC. The first-order chi connectivity index (χ1) is 8.61. The quantitative estimate of drug-likeness (QED) is 0.416. The van der Waals surface area contributed by atoms with E-state index in [9.17, 15) is 0 Å². The Kier molecular flexibility index (Phi) is 10.8. The third kappa shape index (κ3) is 8.13. The Labute approximate surface area is 116 Å². The van der Waals surface area contributed by atoms with Crippen molar-refractivity contribution in [2.45, 2.75) is 86.0 Å². The van der Waals surface area contributed by atoms with Gasteiger partial charge in [-0.2, -0.15) is 0 Å². The summed E-state index contributed by atoms with van der Waals surface area (Å²) < 4.78 is 0.